The topological polar surface area (TPSA) is 136 Å². The molecule has 1 saturated heterocycles. The number of hydrogen-bond donors (Lipinski definition) is 4. The smallest absolute Gasteiger partial charge is 0.329 e. The van der Waals surface area contributed by atoms with Gasteiger partial charge in [0.2, 0.25) is 5.91 Å². The minimum absolute atomic E-state index is 0.119. The zero-order chi connectivity index (χ0) is 27.0. The number of carbonyl (C=O) groups is 3. The zero-order valence-corrected chi connectivity index (χ0v) is 22.1. The Morgan fingerprint density at radius 1 is 1.08 bits per heavy atom. The zero-order valence-electron chi connectivity index (χ0n) is 22.1. The highest BCUT2D eigenvalue weighted by molar-refractivity contribution is 5.99. The standard InChI is InChI=1S/C27H40N2O7/c1-15(12-18-9-10-26(3,4)27(18,5)6)36-25(35)19-8-7-11-29(19)24(34)16(2)28-23(33)17-13-20(30)22(32)21(31)14-17/h13-16,18-19,30-32H,7-12H2,1-6H3,(H,28,33)/t15?,16-,18?,19-/m0/s1. The highest BCUT2D eigenvalue weighted by atomic mass is 16.5. The SMILES string of the molecule is CC(CC1CCC(C)(C)C1(C)C)OC(=O)[C@@H]1CCCN1C(=O)[C@H](C)NC(=O)c1cc(O)c(O)c(O)c1. The molecular formula is C27H40N2O7. The highest BCUT2D eigenvalue weighted by Crippen LogP contribution is 2.57. The van der Waals surface area contributed by atoms with Crippen molar-refractivity contribution in [2.75, 3.05) is 6.54 Å². The average Bonchev–Trinajstić information content (AvgIpc) is 3.35. The maximum absolute atomic E-state index is 13.1. The van der Waals surface area contributed by atoms with Crippen LogP contribution in [0.5, 0.6) is 17.2 Å². The van der Waals surface area contributed by atoms with Crippen molar-refractivity contribution in [1.82, 2.24) is 10.2 Å². The number of nitrogens with zero attached hydrogens (tertiary/aromatic N) is 1. The summed E-state index contributed by atoms with van der Waals surface area (Å²) in [5, 5.41) is 31.3. The molecule has 4 atom stereocenters. The van der Waals surface area contributed by atoms with Gasteiger partial charge in [-0.2, -0.15) is 0 Å². The third-order valence-electron chi connectivity index (χ3n) is 8.67. The predicted octanol–water partition coefficient (Wildman–Crippen LogP) is 3.70. The molecule has 2 amide bonds. The molecule has 1 heterocycles. The largest absolute Gasteiger partial charge is 0.504 e. The number of carbonyl (C=O) groups excluding carboxylic acids is 3. The normalized spacial score (nSPS) is 24.2. The molecule has 1 aromatic rings. The molecule has 0 radical (unpaired) electrons. The minimum Gasteiger partial charge on any atom is -0.504 e. The summed E-state index contributed by atoms with van der Waals surface area (Å²) in [6, 6.07) is 0.328. The Balaban J connectivity index is 1.59. The number of phenols is 3. The van der Waals surface area contributed by atoms with E-state index in [9.17, 15) is 29.7 Å². The Labute approximate surface area is 212 Å². The number of ether oxygens (including phenoxy) is 1. The molecule has 1 aromatic carbocycles. The van der Waals surface area contributed by atoms with Crippen LogP contribution in [0.15, 0.2) is 12.1 Å². The van der Waals surface area contributed by atoms with Crippen molar-refractivity contribution < 1.29 is 34.4 Å². The van der Waals surface area contributed by atoms with Crippen molar-refractivity contribution in [2.24, 2.45) is 16.7 Å². The molecule has 2 unspecified atom stereocenters. The molecule has 36 heavy (non-hydrogen) atoms. The van der Waals surface area contributed by atoms with E-state index in [4.69, 9.17) is 4.74 Å². The summed E-state index contributed by atoms with van der Waals surface area (Å²) >= 11 is 0. The first-order chi connectivity index (χ1) is 16.7. The fraction of sp³-hybridized carbons (Fsp3) is 0.667. The number of rotatable bonds is 7. The molecule has 2 fully saturated rings. The number of aromatic hydroxyl groups is 3. The molecule has 4 N–H and O–H groups in total. The summed E-state index contributed by atoms with van der Waals surface area (Å²) in [6.07, 6.45) is 3.92. The maximum atomic E-state index is 13.1. The van der Waals surface area contributed by atoms with Crippen LogP contribution in [-0.2, 0) is 14.3 Å². The molecule has 1 aliphatic carbocycles. The van der Waals surface area contributed by atoms with Gasteiger partial charge in [-0.15, -0.1) is 0 Å². The number of likely N-dealkylation sites (tertiary alicyclic amines) is 1. The number of amides is 2. The lowest BCUT2D eigenvalue weighted by atomic mass is 9.66. The Morgan fingerprint density at radius 3 is 2.25 bits per heavy atom. The van der Waals surface area contributed by atoms with Gasteiger partial charge >= 0.3 is 5.97 Å². The Hall–Kier alpha value is -2.97. The van der Waals surface area contributed by atoms with Gasteiger partial charge in [-0.3, -0.25) is 9.59 Å². The molecule has 0 bridgehead atoms. The first kappa shape index (κ1) is 27.6. The lowest BCUT2D eigenvalue weighted by molar-refractivity contribution is -0.158. The third kappa shape index (κ3) is 5.39. The van der Waals surface area contributed by atoms with Crippen LogP contribution in [0.25, 0.3) is 0 Å². The van der Waals surface area contributed by atoms with E-state index in [1.807, 2.05) is 6.92 Å². The van der Waals surface area contributed by atoms with Crippen LogP contribution < -0.4 is 5.32 Å². The summed E-state index contributed by atoms with van der Waals surface area (Å²) in [5.41, 5.74) is 0.252. The molecule has 2 aliphatic rings. The molecule has 1 saturated carbocycles. The van der Waals surface area contributed by atoms with Gasteiger partial charge in [0.15, 0.2) is 17.2 Å². The number of esters is 1. The summed E-state index contributed by atoms with van der Waals surface area (Å²) < 4.78 is 5.81. The second kappa shape index (κ2) is 10.2. The van der Waals surface area contributed by atoms with Gasteiger partial charge in [-0.25, -0.2) is 4.79 Å². The molecule has 3 rings (SSSR count). The molecule has 200 valence electrons. The Morgan fingerprint density at radius 2 is 1.69 bits per heavy atom. The summed E-state index contributed by atoms with van der Waals surface area (Å²) in [5.74, 6) is -3.14. The van der Waals surface area contributed by atoms with Gasteiger partial charge in [0, 0.05) is 12.1 Å². The fourth-order valence-electron chi connectivity index (χ4n) is 5.51. The van der Waals surface area contributed by atoms with E-state index < -0.39 is 47.1 Å². The minimum atomic E-state index is -0.956. The quantitative estimate of drug-likeness (QED) is 0.328. The van der Waals surface area contributed by atoms with Crippen molar-refractivity contribution in [1.29, 1.82) is 0 Å². The van der Waals surface area contributed by atoms with Crippen molar-refractivity contribution >= 4 is 17.8 Å². The van der Waals surface area contributed by atoms with Crippen LogP contribution in [0.3, 0.4) is 0 Å². The van der Waals surface area contributed by atoms with E-state index in [1.165, 1.54) is 11.8 Å². The average molecular weight is 505 g/mol. The van der Waals surface area contributed by atoms with Crippen LogP contribution in [0.1, 0.15) is 84.0 Å². The van der Waals surface area contributed by atoms with Gasteiger partial charge in [0.05, 0.1) is 6.10 Å². The van der Waals surface area contributed by atoms with E-state index in [-0.39, 0.29) is 22.5 Å². The van der Waals surface area contributed by atoms with Crippen molar-refractivity contribution in [2.45, 2.75) is 91.8 Å². The lowest BCUT2D eigenvalue weighted by Gasteiger charge is -2.40. The van der Waals surface area contributed by atoms with E-state index in [2.05, 4.69) is 33.0 Å². The summed E-state index contributed by atoms with van der Waals surface area (Å²) in [7, 11) is 0. The van der Waals surface area contributed by atoms with Crippen molar-refractivity contribution in [3.05, 3.63) is 17.7 Å². The number of phenolic OH excluding ortho intramolecular Hbond substituents is 3. The lowest BCUT2D eigenvalue weighted by Crippen LogP contribution is -2.51. The van der Waals surface area contributed by atoms with Gasteiger partial charge in [-0.1, -0.05) is 27.7 Å². The molecule has 0 spiro atoms. The molecule has 9 heteroatoms. The number of nitrogens with one attached hydrogen (secondary N) is 1. The van der Waals surface area contributed by atoms with Crippen LogP contribution in [0, 0.1) is 16.7 Å². The van der Waals surface area contributed by atoms with E-state index >= 15 is 0 Å². The van der Waals surface area contributed by atoms with E-state index in [0.29, 0.717) is 25.3 Å². The molecular weight excluding hydrogens is 464 g/mol. The predicted molar refractivity (Wildman–Crippen MR) is 134 cm³/mol. The number of benzene rings is 1. The highest BCUT2D eigenvalue weighted by Gasteiger charge is 2.48. The second-order valence-electron chi connectivity index (χ2n) is 11.6. The third-order valence-corrected chi connectivity index (χ3v) is 8.67. The van der Waals surface area contributed by atoms with E-state index in [0.717, 1.165) is 31.4 Å². The molecule has 9 nitrogen and oxygen atoms in total. The maximum Gasteiger partial charge on any atom is 0.329 e. The van der Waals surface area contributed by atoms with Crippen molar-refractivity contribution in [3.8, 4) is 17.2 Å². The fourth-order valence-corrected chi connectivity index (χ4v) is 5.51. The van der Waals surface area contributed by atoms with E-state index in [1.54, 1.807) is 0 Å². The molecule has 1 aliphatic heterocycles. The summed E-state index contributed by atoms with van der Waals surface area (Å²) in [6.45, 7) is 13.0. The van der Waals surface area contributed by atoms with Crippen molar-refractivity contribution in [3.63, 3.8) is 0 Å². The van der Waals surface area contributed by atoms with Gasteiger partial charge in [0.1, 0.15) is 12.1 Å². The van der Waals surface area contributed by atoms with Crippen LogP contribution in [0.4, 0.5) is 0 Å². The first-order valence-electron chi connectivity index (χ1n) is 12.7. The molecule has 0 aromatic heterocycles. The monoisotopic (exact) mass is 504 g/mol. The second-order valence-corrected chi connectivity index (χ2v) is 11.6. The van der Waals surface area contributed by atoms with Crippen LogP contribution >= 0.6 is 0 Å². The first-order valence-corrected chi connectivity index (χ1v) is 12.7. The summed E-state index contributed by atoms with van der Waals surface area (Å²) in [4.78, 5) is 40.1. The van der Waals surface area contributed by atoms with Gasteiger partial charge in [0.25, 0.3) is 5.91 Å². The number of hydrogen-bond acceptors (Lipinski definition) is 7. The Bertz CT molecular complexity index is 996. The van der Waals surface area contributed by atoms with Crippen LogP contribution in [0.2, 0.25) is 0 Å². The van der Waals surface area contributed by atoms with Gasteiger partial charge < -0.3 is 30.3 Å². The van der Waals surface area contributed by atoms with Gasteiger partial charge in [-0.05, 0) is 74.8 Å². The van der Waals surface area contributed by atoms with Crippen LogP contribution in [-0.4, -0.2) is 62.7 Å². The Kier molecular flexibility index (Phi) is 7.81.